The molecule has 2 aliphatic heterocycles. The zero-order valence-electron chi connectivity index (χ0n) is 17.6. The van der Waals surface area contributed by atoms with Gasteiger partial charge < -0.3 is 15.1 Å². The predicted molar refractivity (Wildman–Crippen MR) is 109 cm³/mol. The fourth-order valence-corrected chi connectivity index (χ4v) is 5.18. The van der Waals surface area contributed by atoms with Gasteiger partial charge in [-0.1, -0.05) is 19.9 Å². The normalized spacial score (nSPS) is 28.8. The quantitative estimate of drug-likeness (QED) is 0.756. The Morgan fingerprint density at radius 2 is 2.00 bits per heavy atom. The van der Waals surface area contributed by atoms with Crippen LogP contribution < -0.4 is 0 Å². The smallest absolute Gasteiger partial charge is 0.324 e. The molecular formula is C22H33N3O4. The summed E-state index contributed by atoms with van der Waals surface area (Å²) in [6.45, 7) is 5.43. The van der Waals surface area contributed by atoms with Crippen LogP contribution >= 0.6 is 0 Å². The number of likely N-dealkylation sites (tertiary alicyclic amines) is 2. The Labute approximate surface area is 172 Å². The number of aromatic nitrogens is 1. The van der Waals surface area contributed by atoms with Crippen LogP contribution in [0.2, 0.25) is 0 Å². The molecule has 2 aliphatic rings. The number of pyridine rings is 1. The average molecular weight is 404 g/mol. The Hall–Kier alpha value is -1.99. The van der Waals surface area contributed by atoms with Crippen molar-refractivity contribution in [3.63, 3.8) is 0 Å². The largest absolute Gasteiger partial charge is 0.480 e. The van der Waals surface area contributed by atoms with E-state index in [1.807, 2.05) is 42.8 Å². The van der Waals surface area contributed by atoms with Gasteiger partial charge in [-0.3, -0.25) is 19.5 Å². The van der Waals surface area contributed by atoms with Crippen molar-refractivity contribution in [2.45, 2.75) is 51.1 Å². The van der Waals surface area contributed by atoms with E-state index in [-0.39, 0.29) is 30.4 Å². The van der Waals surface area contributed by atoms with Crippen molar-refractivity contribution >= 4 is 11.9 Å². The maximum atomic E-state index is 13.5. The summed E-state index contributed by atoms with van der Waals surface area (Å²) in [5.41, 5.74) is -0.191. The van der Waals surface area contributed by atoms with Crippen LogP contribution in [0.5, 0.6) is 0 Å². The summed E-state index contributed by atoms with van der Waals surface area (Å²) < 4.78 is 0. The SMILES string of the molecule is CC(C)C[C@]1(C(=O)O)C[C@@H](C(=O)N2CCC(CO)CC2)[C@@H](c2cccnc2)N1C. The van der Waals surface area contributed by atoms with E-state index in [0.717, 1.165) is 18.4 Å². The highest BCUT2D eigenvalue weighted by atomic mass is 16.4. The number of carboxylic acids is 1. The number of carbonyl (C=O) groups excluding carboxylic acids is 1. The third-order valence-electron chi connectivity index (χ3n) is 6.70. The summed E-state index contributed by atoms with van der Waals surface area (Å²) >= 11 is 0. The minimum Gasteiger partial charge on any atom is -0.480 e. The van der Waals surface area contributed by atoms with Gasteiger partial charge in [0, 0.05) is 38.1 Å². The second kappa shape index (κ2) is 8.79. The highest BCUT2D eigenvalue weighted by Gasteiger charge is 2.57. The van der Waals surface area contributed by atoms with Crippen molar-refractivity contribution in [2.75, 3.05) is 26.7 Å². The Morgan fingerprint density at radius 1 is 1.31 bits per heavy atom. The fraction of sp³-hybridized carbons (Fsp3) is 0.682. The van der Waals surface area contributed by atoms with Gasteiger partial charge in [-0.25, -0.2) is 0 Å². The molecule has 2 saturated heterocycles. The summed E-state index contributed by atoms with van der Waals surface area (Å²) in [4.78, 5) is 34.0. The molecule has 1 aromatic rings. The monoisotopic (exact) mass is 403 g/mol. The van der Waals surface area contributed by atoms with Gasteiger partial charge in [0.15, 0.2) is 0 Å². The lowest BCUT2D eigenvalue weighted by Gasteiger charge is -2.36. The van der Waals surface area contributed by atoms with E-state index in [9.17, 15) is 19.8 Å². The number of aliphatic carboxylic acids is 1. The highest BCUT2D eigenvalue weighted by Crippen LogP contribution is 2.49. The van der Waals surface area contributed by atoms with Crippen molar-refractivity contribution in [2.24, 2.45) is 17.8 Å². The average Bonchev–Trinajstić information content (AvgIpc) is 3.01. The van der Waals surface area contributed by atoms with E-state index in [1.165, 1.54) is 0 Å². The molecule has 0 spiro atoms. The maximum Gasteiger partial charge on any atom is 0.324 e. The molecule has 29 heavy (non-hydrogen) atoms. The van der Waals surface area contributed by atoms with Gasteiger partial charge in [0.25, 0.3) is 0 Å². The first-order valence-corrected chi connectivity index (χ1v) is 10.6. The van der Waals surface area contributed by atoms with Gasteiger partial charge in [-0.05, 0) is 56.2 Å². The second-order valence-electron chi connectivity index (χ2n) is 9.04. The third-order valence-corrected chi connectivity index (χ3v) is 6.70. The Kier molecular flexibility index (Phi) is 6.58. The molecule has 0 aliphatic carbocycles. The number of hydrogen-bond donors (Lipinski definition) is 2. The van der Waals surface area contributed by atoms with Crippen molar-refractivity contribution in [3.05, 3.63) is 30.1 Å². The zero-order valence-corrected chi connectivity index (χ0v) is 17.6. The maximum absolute atomic E-state index is 13.5. The molecule has 7 nitrogen and oxygen atoms in total. The van der Waals surface area contributed by atoms with Gasteiger partial charge in [0.2, 0.25) is 5.91 Å². The van der Waals surface area contributed by atoms with Crippen molar-refractivity contribution in [1.82, 2.24) is 14.8 Å². The number of aliphatic hydroxyl groups is 1. The van der Waals surface area contributed by atoms with E-state index < -0.39 is 17.4 Å². The third kappa shape index (κ3) is 4.16. The summed E-state index contributed by atoms with van der Waals surface area (Å²) in [5.74, 6) is -0.827. The van der Waals surface area contributed by atoms with E-state index in [4.69, 9.17) is 0 Å². The topological polar surface area (TPSA) is 94.0 Å². The molecule has 3 heterocycles. The lowest BCUT2D eigenvalue weighted by atomic mass is 9.83. The molecule has 7 heteroatoms. The fourth-order valence-electron chi connectivity index (χ4n) is 5.18. The van der Waals surface area contributed by atoms with Crippen LogP contribution in [0, 0.1) is 17.8 Å². The molecule has 2 fully saturated rings. The number of carbonyl (C=O) groups is 2. The van der Waals surface area contributed by atoms with Gasteiger partial charge in [0.1, 0.15) is 5.54 Å². The highest BCUT2D eigenvalue weighted by molar-refractivity contribution is 5.85. The molecule has 0 bridgehead atoms. The first-order chi connectivity index (χ1) is 13.8. The summed E-state index contributed by atoms with van der Waals surface area (Å²) in [5, 5.41) is 19.6. The molecule has 160 valence electrons. The molecule has 0 aromatic carbocycles. The molecule has 0 unspecified atom stereocenters. The van der Waals surface area contributed by atoms with Gasteiger partial charge in [0.05, 0.1) is 5.92 Å². The van der Waals surface area contributed by atoms with Crippen LogP contribution in [0.25, 0.3) is 0 Å². The molecular weight excluding hydrogens is 370 g/mol. The van der Waals surface area contributed by atoms with E-state index >= 15 is 0 Å². The first-order valence-electron chi connectivity index (χ1n) is 10.6. The molecule has 3 atom stereocenters. The van der Waals surface area contributed by atoms with Crippen molar-refractivity contribution in [1.29, 1.82) is 0 Å². The summed E-state index contributed by atoms with van der Waals surface area (Å²) in [6, 6.07) is 3.45. The number of aliphatic hydroxyl groups excluding tert-OH is 1. The molecule has 2 N–H and O–H groups in total. The van der Waals surface area contributed by atoms with Crippen LogP contribution in [0.15, 0.2) is 24.5 Å². The molecule has 0 saturated carbocycles. The zero-order chi connectivity index (χ0) is 21.2. The lowest BCUT2D eigenvalue weighted by molar-refractivity contribution is -0.151. The van der Waals surface area contributed by atoms with Crippen LogP contribution in [-0.4, -0.2) is 69.2 Å². The number of hydrogen-bond acceptors (Lipinski definition) is 5. The predicted octanol–water partition coefficient (Wildman–Crippen LogP) is 2.17. The number of carboxylic acid groups (broad SMARTS) is 1. The Bertz CT molecular complexity index is 718. The molecule has 1 amide bonds. The van der Waals surface area contributed by atoms with Crippen LogP contribution in [-0.2, 0) is 9.59 Å². The Balaban J connectivity index is 1.94. The number of likely N-dealkylation sites (N-methyl/N-ethyl adjacent to an activating group) is 1. The van der Waals surface area contributed by atoms with Crippen LogP contribution in [0.3, 0.4) is 0 Å². The minimum absolute atomic E-state index is 0.0222. The standard InChI is InChI=1S/C22H33N3O4/c1-15(2)11-22(21(28)29)12-18(19(24(22)3)17-5-4-8-23-13-17)20(27)25-9-6-16(14-26)7-10-25/h4-5,8,13,15-16,18-19,26H,6-7,9-12,14H2,1-3H3,(H,28,29)/t18-,19-,22-/m1/s1. The van der Waals surface area contributed by atoms with Gasteiger partial charge in [-0.15, -0.1) is 0 Å². The first kappa shape index (κ1) is 21.7. The van der Waals surface area contributed by atoms with Crippen LogP contribution in [0.1, 0.15) is 51.1 Å². The number of amides is 1. The van der Waals surface area contributed by atoms with Crippen molar-refractivity contribution in [3.8, 4) is 0 Å². The van der Waals surface area contributed by atoms with Gasteiger partial charge >= 0.3 is 5.97 Å². The second-order valence-corrected chi connectivity index (χ2v) is 9.04. The minimum atomic E-state index is -1.07. The number of nitrogens with zero attached hydrogens (tertiary/aromatic N) is 3. The lowest BCUT2D eigenvalue weighted by Crippen LogP contribution is -2.50. The van der Waals surface area contributed by atoms with Crippen LogP contribution in [0.4, 0.5) is 0 Å². The van der Waals surface area contributed by atoms with E-state index in [1.54, 1.807) is 12.4 Å². The molecule has 3 rings (SSSR count). The number of piperidine rings is 1. The summed E-state index contributed by atoms with van der Waals surface area (Å²) in [7, 11) is 1.83. The van der Waals surface area contributed by atoms with Gasteiger partial charge in [-0.2, -0.15) is 0 Å². The van der Waals surface area contributed by atoms with E-state index in [2.05, 4.69) is 4.98 Å². The summed E-state index contributed by atoms with van der Waals surface area (Å²) in [6.07, 6.45) is 5.80. The molecule has 0 radical (unpaired) electrons. The Morgan fingerprint density at radius 3 is 2.52 bits per heavy atom. The number of rotatable bonds is 6. The van der Waals surface area contributed by atoms with Crippen molar-refractivity contribution < 1.29 is 19.8 Å². The van der Waals surface area contributed by atoms with E-state index in [0.29, 0.717) is 25.9 Å². The molecule has 1 aromatic heterocycles.